The van der Waals surface area contributed by atoms with Crippen molar-refractivity contribution in [3.05, 3.63) is 27.8 Å². The van der Waals surface area contributed by atoms with Crippen LogP contribution in [0, 0.1) is 13.8 Å². The number of halogens is 1. The number of Topliss-reactive ketones (excluding diaryl/α,β-unsaturated/α-hetero) is 1. The van der Waals surface area contributed by atoms with E-state index in [9.17, 15) is 9.90 Å². The maximum absolute atomic E-state index is 11.1. The molecule has 0 radical (unpaired) electrons. The van der Waals surface area contributed by atoms with E-state index in [1.54, 1.807) is 19.9 Å². The number of carbonyl (C=O) groups is 1. The fourth-order valence-corrected chi connectivity index (χ4v) is 1.54. The van der Waals surface area contributed by atoms with Crippen LogP contribution in [-0.4, -0.2) is 10.9 Å². The van der Waals surface area contributed by atoms with Gasteiger partial charge in [0.15, 0.2) is 5.78 Å². The van der Waals surface area contributed by atoms with E-state index in [2.05, 4.69) is 0 Å². The Balaban J connectivity index is 3.53. The number of ketones is 1. The smallest absolute Gasteiger partial charge is 0.163 e. The second-order valence-electron chi connectivity index (χ2n) is 3.10. The van der Waals surface area contributed by atoms with Gasteiger partial charge in [0.1, 0.15) is 5.75 Å². The van der Waals surface area contributed by atoms with Crippen LogP contribution in [-0.2, 0) is 0 Å². The van der Waals surface area contributed by atoms with Crippen molar-refractivity contribution < 1.29 is 9.90 Å². The summed E-state index contributed by atoms with van der Waals surface area (Å²) in [5, 5.41) is 9.84. The zero-order valence-electron chi connectivity index (χ0n) is 7.81. The predicted molar refractivity (Wildman–Crippen MR) is 52.6 cm³/mol. The molecule has 1 aromatic carbocycles. The third kappa shape index (κ3) is 1.68. The minimum absolute atomic E-state index is 0.105. The quantitative estimate of drug-likeness (QED) is 0.705. The lowest BCUT2D eigenvalue weighted by atomic mass is 10.0. The minimum Gasteiger partial charge on any atom is -0.506 e. The van der Waals surface area contributed by atoms with Crippen LogP contribution in [0.3, 0.4) is 0 Å². The highest BCUT2D eigenvalue weighted by Crippen LogP contribution is 2.33. The molecule has 70 valence electrons. The van der Waals surface area contributed by atoms with E-state index in [0.717, 1.165) is 11.1 Å². The first kappa shape index (κ1) is 10.1. The molecule has 0 spiro atoms. The second kappa shape index (κ2) is 3.38. The van der Waals surface area contributed by atoms with Gasteiger partial charge in [0, 0.05) is 0 Å². The Bertz CT molecular complexity index is 370. The van der Waals surface area contributed by atoms with Gasteiger partial charge in [-0.2, -0.15) is 0 Å². The highest BCUT2D eigenvalue weighted by atomic mass is 35.5. The summed E-state index contributed by atoms with van der Waals surface area (Å²) in [6.45, 7) is 4.98. The lowest BCUT2D eigenvalue weighted by Crippen LogP contribution is -1.98. The summed E-state index contributed by atoms with van der Waals surface area (Å²) in [5.74, 6) is -0.274. The molecule has 1 aromatic rings. The van der Waals surface area contributed by atoms with Gasteiger partial charge in [-0.1, -0.05) is 17.7 Å². The molecular formula is C10H11ClO2. The molecule has 0 bridgehead atoms. The van der Waals surface area contributed by atoms with Gasteiger partial charge in [-0.05, 0) is 31.9 Å². The Hall–Kier alpha value is -1.02. The van der Waals surface area contributed by atoms with Crippen molar-refractivity contribution in [1.29, 1.82) is 0 Å². The normalized spacial score (nSPS) is 10.2. The maximum atomic E-state index is 11.1. The molecule has 0 aromatic heterocycles. The van der Waals surface area contributed by atoms with Crippen molar-refractivity contribution in [1.82, 2.24) is 0 Å². The van der Waals surface area contributed by atoms with Crippen molar-refractivity contribution in [3.63, 3.8) is 0 Å². The number of aryl methyl sites for hydroxylation is 2. The van der Waals surface area contributed by atoms with E-state index < -0.39 is 0 Å². The van der Waals surface area contributed by atoms with Crippen LogP contribution in [0.25, 0.3) is 0 Å². The zero-order valence-corrected chi connectivity index (χ0v) is 8.57. The molecule has 13 heavy (non-hydrogen) atoms. The Labute approximate surface area is 82.2 Å². The van der Waals surface area contributed by atoms with Crippen LogP contribution in [0.5, 0.6) is 5.75 Å². The molecular weight excluding hydrogens is 188 g/mol. The molecule has 2 nitrogen and oxygen atoms in total. The van der Waals surface area contributed by atoms with E-state index in [-0.39, 0.29) is 16.6 Å². The van der Waals surface area contributed by atoms with Crippen LogP contribution in [0.15, 0.2) is 6.07 Å². The summed E-state index contributed by atoms with van der Waals surface area (Å²) < 4.78 is 0. The Morgan fingerprint density at radius 1 is 1.38 bits per heavy atom. The van der Waals surface area contributed by atoms with Crippen molar-refractivity contribution in [3.8, 4) is 5.75 Å². The van der Waals surface area contributed by atoms with E-state index in [4.69, 9.17) is 11.6 Å². The van der Waals surface area contributed by atoms with Gasteiger partial charge in [0.05, 0.1) is 10.6 Å². The van der Waals surface area contributed by atoms with Crippen molar-refractivity contribution in [2.24, 2.45) is 0 Å². The summed E-state index contributed by atoms with van der Waals surface area (Å²) in [5.41, 5.74) is 1.85. The number of benzene rings is 1. The molecule has 0 aliphatic carbocycles. The van der Waals surface area contributed by atoms with Gasteiger partial charge >= 0.3 is 0 Å². The summed E-state index contributed by atoms with van der Waals surface area (Å²) in [4.78, 5) is 11.1. The predicted octanol–water partition coefficient (Wildman–Crippen LogP) is 2.87. The lowest BCUT2D eigenvalue weighted by molar-refractivity contribution is 0.101. The number of phenolic OH excluding ortho intramolecular Hbond substituents is 1. The van der Waals surface area contributed by atoms with Crippen LogP contribution in [0.4, 0.5) is 0 Å². The second-order valence-corrected chi connectivity index (χ2v) is 3.48. The fraction of sp³-hybridized carbons (Fsp3) is 0.300. The lowest BCUT2D eigenvalue weighted by Gasteiger charge is -2.08. The average molecular weight is 199 g/mol. The first-order valence-corrected chi connectivity index (χ1v) is 4.32. The van der Waals surface area contributed by atoms with Gasteiger partial charge in [0.2, 0.25) is 0 Å². The summed E-state index contributed by atoms with van der Waals surface area (Å²) >= 11 is 5.80. The minimum atomic E-state index is -0.170. The van der Waals surface area contributed by atoms with Crippen LogP contribution >= 0.6 is 11.6 Å². The zero-order chi connectivity index (χ0) is 10.2. The highest BCUT2D eigenvalue weighted by molar-refractivity contribution is 6.33. The van der Waals surface area contributed by atoms with Crippen molar-refractivity contribution >= 4 is 17.4 Å². The Morgan fingerprint density at radius 2 is 1.92 bits per heavy atom. The van der Waals surface area contributed by atoms with Gasteiger partial charge in [0.25, 0.3) is 0 Å². The summed E-state index contributed by atoms with van der Waals surface area (Å²) in [7, 11) is 0. The maximum Gasteiger partial charge on any atom is 0.163 e. The fourth-order valence-electron chi connectivity index (χ4n) is 1.39. The monoisotopic (exact) mass is 198 g/mol. The summed E-state index contributed by atoms with van der Waals surface area (Å²) in [6, 6.07) is 1.79. The van der Waals surface area contributed by atoms with E-state index in [1.165, 1.54) is 6.92 Å². The third-order valence-electron chi connectivity index (χ3n) is 1.97. The first-order chi connectivity index (χ1) is 5.95. The molecule has 0 atom stereocenters. The number of phenols is 1. The van der Waals surface area contributed by atoms with Crippen LogP contribution in [0.1, 0.15) is 28.4 Å². The van der Waals surface area contributed by atoms with Crippen LogP contribution < -0.4 is 0 Å². The molecule has 3 heteroatoms. The highest BCUT2D eigenvalue weighted by Gasteiger charge is 2.14. The van der Waals surface area contributed by atoms with E-state index in [0.29, 0.717) is 5.56 Å². The van der Waals surface area contributed by atoms with E-state index >= 15 is 0 Å². The van der Waals surface area contributed by atoms with E-state index in [1.807, 2.05) is 0 Å². The Morgan fingerprint density at radius 3 is 2.38 bits per heavy atom. The van der Waals surface area contributed by atoms with Crippen molar-refractivity contribution in [2.45, 2.75) is 20.8 Å². The SMILES string of the molecule is CC(=O)c1c(C)cc(C)c(Cl)c1O. The average Bonchev–Trinajstić information content (AvgIpc) is 1.99. The molecule has 1 N–H and O–H groups in total. The molecule has 0 amide bonds. The molecule has 1 rings (SSSR count). The summed E-state index contributed by atoms with van der Waals surface area (Å²) in [6.07, 6.45) is 0. The molecule has 0 heterocycles. The number of aromatic hydroxyl groups is 1. The van der Waals surface area contributed by atoms with Crippen LogP contribution in [0.2, 0.25) is 5.02 Å². The molecule has 0 saturated heterocycles. The number of rotatable bonds is 1. The Kier molecular flexibility index (Phi) is 2.62. The number of hydrogen-bond donors (Lipinski definition) is 1. The largest absolute Gasteiger partial charge is 0.506 e. The van der Waals surface area contributed by atoms with Crippen molar-refractivity contribution in [2.75, 3.05) is 0 Å². The third-order valence-corrected chi connectivity index (χ3v) is 2.45. The topological polar surface area (TPSA) is 37.3 Å². The van der Waals surface area contributed by atoms with Gasteiger partial charge in [-0.25, -0.2) is 0 Å². The molecule has 0 fully saturated rings. The first-order valence-electron chi connectivity index (χ1n) is 3.94. The van der Waals surface area contributed by atoms with Gasteiger partial charge < -0.3 is 5.11 Å². The molecule has 0 saturated carbocycles. The molecule has 0 aliphatic rings. The molecule has 0 unspecified atom stereocenters. The molecule has 0 aliphatic heterocycles. The number of carbonyl (C=O) groups excluding carboxylic acids is 1. The van der Waals surface area contributed by atoms with Gasteiger partial charge in [-0.3, -0.25) is 4.79 Å². The van der Waals surface area contributed by atoms with Gasteiger partial charge in [-0.15, -0.1) is 0 Å². The standard InChI is InChI=1S/C10H11ClO2/c1-5-4-6(2)9(11)10(13)8(5)7(3)12/h4,13H,1-3H3. The number of hydrogen-bond acceptors (Lipinski definition) is 2.